The van der Waals surface area contributed by atoms with Crippen LogP contribution in [0.1, 0.15) is 40.0 Å². The molecule has 0 radical (unpaired) electrons. The van der Waals surface area contributed by atoms with Gasteiger partial charge in [-0.3, -0.25) is 9.78 Å². The molecule has 0 N–H and O–H groups in total. The normalized spacial score (nSPS) is 15.4. The minimum Gasteiger partial charge on any atom is -0.494 e. The highest BCUT2D eigenvalue weighted by Gasteiger charge is 2.41. The molecule has 2 heterocycles. The minimum absolute atomic E-state index is 0.0609. The molecule has 33 heavy (non-hydrogen) atoms. The third kappa shape index (κ3) is 4.97. The smallest absolute Gasteiger partial charge is 0.425 e. The number of ether oxygens (including phenoxy) is 2. The van der Waals surface area contributed by atoms with Crippen LogP contribution in [0.15, 0.2) is 30.5 Å². The molecular weight excluding hydrogens is 456 g/mol. The molecule has 1 aromatic heterocycles. The Kier molecular flexibility index (Phi) is 6.44. The van der Waals surface area contributed by atoms with Crippen molar-refractivity contribution in [2.75, 3.05) is 20.2 Å². The highest BCUT2D eigenvalue weighted by molar-refractivity contribution is 6.01. The number of halogens is 6. The first-order valence-electron chi connectivity index (χ1n) is 9.53. The Morgan fingerprint density at radius 2 is 1.85 bits per heavy atom. The van der Waals surface area contributed by atoms with Gasteiger partial charge in [0.1, 0.15) is 17.4 Å². The second-order valence-corrected chi connectivity index (χ2v) is 7.31. The first-order valence-corrected chi connectivity index (χ1v) is 9.53. The van der Waals surface area contributed by atoms with E-state index in [1.54, 1.807) is 6.07 Å². The molecule has 1 aromatic carbocycles. The Hall–Kier alpha value is -3.49. The predicted octanol–water partition coefficient (Wildman–Crippen LogP) is 4.55. The molecule has 1 atom stereocenters. The van der Waals surface area contributed by atoms with Crippen LogP contribution in [0.3, 0.4) is 0 Å². The number of amides is 1. The number of aromatic nitrogens is 1. The summed E-state index contributed by atoms with van der Waals surface area (Å²) < 4.78 is 87.2. The molecular formula is C21H17F6N3O3. The van der Waals surface area contributed by atoms with Crippen molar-refractivity contribution in [2.45, 2.75) is 31.3 Å². The number of hydrogen-bond acceptors (Lipinski definition) is 5. The summed E-state index contributed by atoms with van der Waals surface area (Å²) in [7, 11) is 1.16. The van der Waals surface area contributed by atoms with Crippen molar-refractivity contribution < 1.29 is 40.6 Å². The van der Waals surface area contributed by atoms with E-state index in [2.05, 4.69) is 4.98 Å². The van der Waals surface area contributed by atoms with E-state index in [0.717, 1.165) is 26.2 Å². The number of likely N-dealkylation sites (tertiary alicyclic amines) is 1. The third-order valence-electron chi connectivity index (χ3n) is 5.12. The Morgan fingerprint density at radius 3 is 2.33 bits per heavy atom. The van der Waals surface area contributed by atoms with Crippen LogP contribution in [0.2, 0.25) is 0 Å². The second-order valence-electron chi connectivity index (χ2n) is 7.31. The topological polar surface area (TPSA) is 75.5 Å². The summed E-state index contributed by atoms with van der Waals surface area (Å²) in [6, 6.07) is 6.17. The number of alkyl halides is 6. The number of carbonyl (C=O) groups excluding carboxylic acids is 1. The van der Waals surface area contributed by atoms with Crippen molar-refractivity contribution in [2.24, 2.45) is 0 Å². The van der Waals surface area contributed by atoms with Gasteiger partial charge < -0.3 is 14.4 Å². The molecule has 2 aromatic rings. The summed E-state index contributed by atoms with van der Waals surface area (Å²) in [5, 5.41) is 9.27. The quantitative estimate of drug-likeness (QED) is 0.596. The van der Waals surface area contributed by atoms with Gasteiger partial charge in [0, 0.05) is 30.9 Å². The monoisotopic (exact) mass is 473 g/mol. The minimum atomic E-state index is -4.70. The van der Waals surface area contributed by atoms with Crippen LogP contribution in [0.5, 0.6) is 11.5 Å². The zero-order valence-corrected chi connectivity index (χ0v) is 17.3. The van der Waals surface area contributed by atoms with Crippen molar-refractivity contribution >= 4 is 5.91 Å². The third-order valence-corrected chi connectivity index (χ3v) is 5.12. The van der Waals surface area contributed by atoms with Gasteiger partial charge in [-0.25, -0.2) is 0 Å². The van der Waals surface area contributed by atoms with Crippen molar-refractivity contribution in [1.82, 2.24) is 9.88 Å². The maximum Gasteiger partial charge on any atom is 0.425 e. The molecule has 6 nitrogen and oxygen atoms in total. The van der Waals surface area contributed by atoms with Gasteiger partial charge in [-0.2, -0.15) is 31.6 Å². The van der Waals surface area contributed by atoms with Crippen LogP contribution in [-0.4, -0.2) is 48.3 Å². The zero-order chi connectivity index (χ0) is 24.6. The number of methoxy groups -OCH3 is 1. The van der Waals surface area contributed by atoms with Crippen molar-refractivity contribution in [3.63, 3.8) is 0 Å². The number of nitriles is 1. The molecule has 0 unspecified atom stereocenters. The summed E-state index contributed by atoms with van der Waals surface area (Å²) in [5.41, 5.74) is -0.982. The van der Waals surface area contributed by atoms with Crippen LogP contribution in [0.4, 0.5) is 26.3 Å². The van der Waals surface area contributed by atoms with Crippen LogP contribution in [-0.2, 0) is 6.18 Å². The lowest BCUT2D eigenvalue weighted by molar-refractivity contribution is -0.189. The molecule has 0 saturated carbocycles. The first-order chi connectivity index (χ1) is 15.4. The van der Waals surface area contributed by atoms with Crippen LogP contribution in [0, 0.1) is 11.3 Å². The summed E-state index contributed by atoms with van der Waals surface area (Å²) in [6.45, 7) is 0.895. The molecule has 1 amide bonds. The maximum absolute atomic E-state index is 13.1. The number of rotatable bonds is 5. The lowest BCUT2D eigenvalue weighted by atomic mass is 9.93. The molecule has 1 fully saturated rings. The Labute approximate surface area is 184 Å². The standard InChI is InChI=1S/C21H17F6N3O3/c1-11(20(22,23)24)33-16-6-3-12(7-28)18(32-2)17(16)19(31)30-9-13(10-30)15-5-4-14(8-29-15)21(25,26)27/h3-6,8,11,13H,9-10H2,1-2H3/t11-/m1/s1. The van der Waals surface area contributed by atoms with Gasteiger partial charge in [-0.05, 0) is 31.2 Å². The van der Waals surface area contributed by atoms with Gasteiger partial charge in [0.05, 0.1) is 18.2 Å². The van der Waals surface area contributed by atoms with Gasteiger partial charge in [-0.1, -0.05) is 0 Å². The Morgan fingerprint density at radius 1 is 1.18 bits per heavy atom. The van der Waals surface area contributed by atoms with Gasteiger partial charge in [0.15, 0.2) is 11.9 Å². The fourth-order valence-electron chi connectivity index (χ4n) is 3.23. The molecule has 0 spiro atoms. The van der Waals surface area contributed by atoms with E-state index in [0.29, 0.717) is 11.9 Å². The fourth-order valence-corrected chi connectivity index (χ4v) is 3.23. The Bertz CT molecular complexity index is 1070. The first kappa shape index (κ1) is 24.2. The fraction of sp³-hybridized carbons (Fsp3) is 0.381. The zero-order valence-electron chi connectivity index (χ0n) is 17.3. The van der Waals surface area contributed by atoms with Crippen molar-refractivity contribution in [3.05, 3.63) is 52.8 Å². The highest BCUT2D eigenvalue weighted by atomic mass is 19.4. The number of pyridine rings is 1. The van der Waals surface area contributed by atoms with Crippen molar-refractivity contribution in [3.8, 4) is 17.6 Å². The molecule has 0 aliphatic carbocycles. The van der Waals surface area contributed by atoms with E-state index >= 15 is 0 Å². The van der Waals surface area contributed by atoms with E-state index in [-0.39, 0.29) is 35.9 Å². The second kappa shape index (κ2) is 8.80. The van der Waals surface area contributed by atoms with Crippen molar-refractivity contribution in [1.29, 1.82) is 5.26 Å². The summed E-state index contributed by atoms with van der Waals surface area (Å²) in [5.74, 6) is -1.74. The number of carbonyl (C=O) groups is 1. The van der Waals surface area contributed by atoms with E-state index in [9.17, 15) is 36.4 Å². The number of nitrogens with zero attached hydrogens (tertiary/aromatic N) is 3. The van der Waals surface area contributed by atoms with Gasteiger partial charge >= 0.3 is 12.4 Å². The Balaban J connectivity index is 1.84. The highest BCUT2D eigenvalue weighted by Crippen LogP contribution is 2.38. The molecule has 176 valence electrons. The van der Waals surface area contributed by atoms with Gasteiger partial charge in [-0.15, -0.1) is 0 Å². The van der Waals surface area contributed by atoms with E-state index in [4.69, 9.17) is 9.47 Å². The molecule has 0 bridgehead atoms. The number of benzene rings is 1. The van der Waals surface area contributed by atoms with Gasteiger partial charge in [0.25, 0.3) is 5.91 Å². The summed E-state index contributed by atoms with van der Waals surface area (Å²) in [4.78, 5) is 18.2. The molecule has 1 aliphatic heterocycles. The lowest BCUT2D eigenvalue weighted by Crippen LogP contribution is -2.49. The predicted molar refractivity (Wildman–Crippen MR) is 102 cm³/mol. The van der Waals surface area contributed by atoms with Crippen LogP contribution < -0.4 is 9.47 Å². The summed E-state index contributed by atoms with van der Waals surface area (Å²) >= 11 is 0. The van der Waals surface area contributed by atoms with Gasteiger partial charge in [0.2, 0.25) is 0 Å². The molecule has 1 aliphatic rings. The molecule has 3 rings (SSSR count). The number of hydrogen-bond donors (Lipinski definition) is 0. The average molecular weight is 473 g/mol. The maximum atomic E-state index is 13.1. The van der Waals surface area contributed by atoms with E-state index in [1.165, 1.54) is 17.0 Å². The lowest BCUT2D eigenvalue weighted by Gasteiger charge is -2.39. The molecule has 1 saturated heterocycles. The largest absolute Gasteiger partial charge is 0.494 e. The SMILES string of the molecule is COc1c(C#N)ccc(O[C@H](C)C(F)(F)F)c1C(=O)N1CC(c2ccc(C(F)(F)F)cn2)C1. The average Bonchev–Trinajstić information content (AvgIpc) is 2.71. The molecule has 12 heteroatoms. The van der Waals surface area contributed by atoms with Crippen LogP contribution in [0.25, 0.3) is 0 Å². The summed E-state index contributed by atoms with van der Waals surface area (Å²) in [6.07, 6.45) is -10.8. The van der Waals surface area contributed by atoms with E-state index in [1.807, 2.05) is 0 Å². The van der Waals surface area contributed by atoms with E-state index < -0.39 is 35.7 Å². The van der Waals surface area contributed by atoms with Crippen LogP contribution >= 0.6 is 0 Å².